The maximum Gasteiger partial charge on any atom is 0.335 e. The molecule has 16 heavy (non-hydrogen) atoms. The lowest BCUT2D eigenvalue weighted by Gasteiger charge is -2.05. The van der Waals surface area contributed by atoms with Crippen LogP contribution in [0.3, 0.4) is 0 Å². The average molecular weight is 234 g/mol. The first-order chi connectivity index (χ1) is 7.49. The van der Waals surface area contributed by atoms with Gasteiger partial charge in [0.2, 0.25) is 0 Å². The van der Waals surface area contributed by atoms with Crippen LogP contribution in [0.1, 0.15) is 15.9 Å². The van der Waals surface area contributed by atoms with Crippen LogP contribution in [0.15, 0.2) is 18.2 Å². The van der Waals surface area contributed by atoms with E-state index in [-0.39, 0.29) is 17.7 Å². The van der Waals surface area contributed by atoms with Gasteiger partial charge in [-0.15, -0.1) is 0 Å². The van der Waals surface area contributed by atoms with E-state index in [0.717, 1.165) is 12.1 Å². The molecule has 0 radical (unpaired) electrons. The SMILES string of the molecule is O=C(O)c1cc(F)cc(COCC(F)F)c1. The Balaban J connectivity index is 2.69. The number of ether oxygens (including phenoxy) is 1. The first-order valence-corrected chi connectivity index (χ1v) is 4.37. The Morgan fingerprint density at radius 2 is 2.06 bits per heavy atom. The van der Waals surface area contributed by atoms with Crippen molar-refractivity contribution >= 4 is 5.97 Å². The molecule has 1 aromatic rings. The van der Waals surface area contributed by atoms with Crippen molar-refractivity contribution in [3.05, 3.63) is 35.1 Å². The number of rotatable bonds is 5. The molecule has 0 fully saturated rings. The molecule has 0 unspecified atom stereocenters. The van der Waals surface area contributed by atoms with Crippen LogP contribution < -0.4 is 0 Å². The van der Waals surface area contributed by atoms with Crippen molar-refractivity contribution in [2.45, 2.75) is 13.0 Å². The van der Waals surface area contributed by atoms with Crippen molar-refractivity contribution in [1.82, 2.24) is 0 Å². The largest absolute Gasteiger partial charge is 0.478 e. The van der Waals surface area contributed by atoms with Crippen LogP contribution in [0.25, 0.3) is 0 Å². The van der Waals surface area contributed by atoms with E-state index in [1.54, 1.807) is 0 Å². The number of benzene rings is 1. The molecule has 0 bridgehead atoms. The maximum atomic E-state index is 12.9. The Bertz CT molecular complexity index is 380. The van der Waals surface area contributed by atoms with Gasteiger partial charge in [-0.3, -0.25) is 0 Å². The van der Waals surface area contributed by atoms with Crippen molar-refractivity contribution in [3.63, 3.8) is 0 Å². The molecule has 0 aliphatic rings. The fourth-order valence-electron chi connectivity index (χ4n) is 1.12. The predicted molar refractivity (Wildman–Crippen MR) is 49.0 cm³/mol. The standard InChI is InChI=1S/C10H9F3O3/c11-8-2-6(4-16-5-9(12)13)1-7(3-8)10(14)15/h1-3,9H,4-5H2,(H,14,15). The number of carboxylic acid groups (broad SMARTS) is 1. The zero-order valence-corrected chi connectivity index (χ0v) is 8.12. The molecule has 0 saturated heterocycles. The van der Waals surface area contributed by atoms with Gasteiger partial charge < -0.3 is 9.84 Å². The molecule has 0 amide bonds. The summed E-state index contributed by atoms with van der Waals surface area (Å²) in [6.07, 6.45) is -2.60. The van der Waals surface area contributed by atoms with Crippen molar-refractivity contribution in [3.8, 4) is 0 Å². The summed E-state index contributed by atoms with van der Waals surface area (Å²) in [5.41, 5.74) is -0.0336. The van der Waals surface area contributed by atoms with E-state index in [1.807, 2.05) is 0 Å². The van der Waals surface area contributed by atoms with E-state index >= 15 is 0 Å². The Morgan fingerprint density at radius 1 is 1.38 bits per heavy atom. The highest BCUT2D eigenvalue weighted by Gasteiger charge is 2.08. The third-order valence-corrected chi connectivity index (χ3v) is 1.72. The number of hydrogen-bond donors (Lipinski definition) is 1. The second kappa shape index (κ2) is 5.50. The Hall–Kier alpha value is -1.56. The van der Waals surface area contributed by atoms with Gasteiger partial charge in [-0.25, -0.2) is 18.0 Å². The Kier molecular flexibility index (Phi) is 4.30. The van der Waals surface area contributed by atoms with Crippen molar-refractivity contribution in [2.24, 2.45) is 0 Å². The monoisotopic (exact) mass is 234 g/mol. The molecule has 3 nitrogen and oxygen atoms in total. The fourth-order valence-corrected chi connectivity index (χ4v) is 1.12. The van der Waals surface area contributed by atoms with Crippen LogP contribution in [-0.4, -0.2) is 24.1 Å². The number of halogens is 3. The molecular weight excluding hydrogens is 225 g/mol. The van der Waals surface area contributed by atoms with E-state index < -0.39 is 24.8 Å². The van der Waals surface area contributed by atoms with Crippen molar-refractivity contribution in [2.75, 3.05) is 6.61 Å². The highest BCUT2D eigenvalue weighted by Crippen LogP contribution is 2.11. The molecule has 0 saturated carbocycles. The second-order valence-electron chi connectivity index (χ2n) is 3.06. The van der Waals surface area contributed by atoms with Gasteiger partial charge >= 0.3 is 5.97 Å². The minimum absolute atomic E-state index is 0.207. The Labute approximate surface area is 89.5 Å². The first-order valence-electron chi connectivity index (χ1n) is 4.37. The topological polar surface area (TPSA) is 46.5 Å². The lowest BCUT2D eigenvalue weighted by Crippen LogP contribution is -2.05. The molecule has 0 atom stereocenters. The summed E-state index contributed by atoms with van der Waals surface area (Å²) >= 11 is 0. The summed E-state index contributed by atoms with van der Waals surface area (Å²) in [6, 6.07) is 3.06. The van der Waals surface area contributed by atoms with Crippen LogP contribution in [0.4, 0.5) is 13.2 Å². The van der Waals surface area contributed by atoms with E-state index in [9.17, 15) is 18.0 Å². The highest BCUT2D eigenvalue weighted by molar-refractivity contribution is 5.87. The van der Waals surface area contributed by atoms with Crippen LogP contribution in [0.2, 0.25) is 0 Å². The quantitative estimate of drug-likeness (QED) is 0.850. The molecule has 88 valence electrons. The van der Waals surface area contributed by atoms with Crippen molar-refractivity contribution < 1.29 is 27.8 Å². The fraction of sp³-hybridized carbons (Fsp3) is 0.300. The first kappa shape index (κ1) is 12.5. The van der Waals surface area contributed by atoms with Gasteiger partial charge in [0.25, 0.3) is 6.43 Å². The molecule has 1 N–H and O–H groups in total. The third kappa shape index (κ3) is 3.90. The molecular formula is C10H9F3O3. The molecule has 0 aliphatic carbocycles. The summed E-state index contributed by atoms with van der Waals surface area (Å²) in [5.74, 6) is -2.02. The van der Waals surface area contributed by atoms with Crippen LogP contribution in [0.5, 0.6) is 0 Å². The highest BCUT2D eigenvalue weighted by atomic mass is 19.3. The lowest BCUT2D eigenvalue weighted by atomic mass is 10.1. The minimum atomic E-state index is -2.60. The smallest absolute Gasteiger partial charge is 0.335 e. The van der Waals surface area contributed by atoms with Gasteiger partial charge in [0.1, 0.15) is 12.4 Å². The zero-order valence-electron chi connectivity index (χ0n) is 8.12. The number of aromatic carboxylic acids is 1. The van der Waals surface area contributed by atoms with Gasteiger partial charge in [0.05, 0.1) is 12.2 Å². The van der Waals surface area contributed by atoms with Crippen molar-refractivity contribution in [1.29, 1.82) is 0 Å². The summed E-state index contributed by atoms with van der Waals surface area (Å²) in [5, 5.41) is 8.62. The van der Waals surface area contributed by atoms with Gasteiger partial charge in [-0.2, -0.15) is 0 Å². The molecule has 1 aromatic carbocycles. The summed E-state index contributed by atoms with van der Waals surface area (Å²) in [4.78, 5) is 10.6. The van der Waals surface area contributed by atoms with Crippen LogP contribution >= 0.6 is 0 Å². The van der Waals surface area contributed by atoms with Gasteiger partial charge in [-0.1, -0.05) is 0 Å². The van der Waals surface area contributed by atoms with Gasteiger partial charge in [-0.05, 0) is 23.8 Å². The van der Waals surface area contributed by atoms with Crippen LogP contribution in [-0.2, 0) is 11.3 Å². The normalized spacial score (nSPS) is 10.8. The minimum Gasteiger partial charge on any atom is -0.478 e. The van der Waals surface area contributed by atoms with E-state index in [2.05, 4.69) is 4.74 Å². The average Bonchev–Trinajstić information content (AvgIpc) is 2.16. The summed E-state index contributed by atoms with van der Waals surface area (Å²) < 4.78 is 40.9. The number of hydrogen-bond acceptors (Lipinski definition) is 2. The molecule has 0 spiro atoms. The lowest BCUT2D eigenvalue weighted by molar-refractivity contribution is 0.00977. The Morgan fingerprint density at radius 3 is 2.62 bits per heavy atom. The maximum absolute atomic E-state index is 12.9. The predicted octanol–water partition coefficient (Wildman–Crippen LogP) is 2.31. The summed E-state index contributed by atoms with van der Waals surface area (Å²) in [6.45, 7) is -1.01. The third-order valence-electron chi connectivity index (χ3n) is 1.72. The van der Waals surface area contributed by atoms with Gasteiger partial charge in [0, 0.05) is 0 Å². The van der Waals surface area contributed by atoms with Crippen LogP contribution in [0, 0.1) is 5.82 Å². The molecule has 0 aliphatic heterocycles. The van der Waals surface area contributed by atoms with E-state index in [1.165, 1.54) is 6.07 Å². The number of carbonyl (C=O) groups is 1. The molecule has 0 heterocycles. The van der Waals surface area contributed by atoms with E-state index in [0.29, 0.717) is 0 Å². The molecule has 1 rings (SSSR count). The van der Waals surface area contributed by atoms with E-state index in [4.69, 9.17) is 5.11 Å². The summed E-state index contributed by atoms with van der Waals surface area (Å²) in [7, 11) is 0. The number of carboxylic acids is 1. The second-order valence-corrected chi connectivity index (χ2v) is 3.06. The number of alkyl halides is 2. The molecule has 6 heteroatoms. The molecule has 0 aromatic heterocycles. The zero-order chi connectivity index (χ0) is 12.1. The van der Waals surface area contributed by atoms with Gasteiger partial charge in [0.15, 0.2) is 0 Å².